The Hall–Kier alpha value is -0.730. The molecule has 0 saturated heterocycles. The van der Waals surface area contributed by atoms with Crippen molar-refractivity contribution in [1.29, 1.82) is 0 Å². The molecule has 3 nitrogen and oxygen atoms in total. The lowest BCUT2D eigenvalue weighted by Crippen LogP contribution is -2.44. The van der Waals surface area contributed by atoms with Crippen molar-refractivity contribution in [2.45, 2.75) is 53.0 Å². The molecule has 3 heteroatoms. The van der Waals surface area contributed by atoms with Crippen LogP contribution in [0.1, 0.15) is 47.0 Å². The minimum absolute atomic E-state index is 0.471. The van der Waals surface area contributed by atoms with E-state index in [0.29, 0.717) is 12.0 Å². The second-order valence-electron chi connectivity index (χ2n) is 5.17. The Balaban J connectivity index is 2.31. The molecule has 0 aromatic carbocycles. The molecule has 0 aromatic rings. The second kappa shape index (κ2) is 6.77. The normalized spacial score (nSPS) is 18.7. The van der Waals surface area contributed by atoms with Gasteiger partial charge in [-0.2, -0.15) is 0 Å². The van der Waals surface area contributed by atoms with Crippen molar-refractivity contribution in [3.8, 4) is 0 Å². The maximum Gasteiger partial charge on any atom is 0.191 e. The van der Waals surface area contributed by atoms with Gasteiger partial charge in [-0.3, -0.25) is 4.99 Å². The van der Waals surface area contributed by atoms with Gasteiger partial charge in [-0.05, 0) is 32.1 Å². The highest BCUT2D eigenvalue weighted by Crippen LogP contribution is 2.32. The Bertz CT molecular complexity index is 219. The highest BCUT2D eigenvalue weighted by molar-refractivity contribution is 5.80. The molecule has 1 fully saturated rings. The number of rotatable bonds is 6. The van der Waals surface area contributed by atoms with E-state index >= 15 is 0 Å². The van der Waals surface area contributed by atoms with E-state index in [1.165, 1.54) is 19.3 Å². The zero-order valence-electron chi connectivity index (χ0n) is 11.2. The van der Waals surface area contributed by atoms with Gasteiger partial charge in [-0.1, -0.05) is 26.7 Å². The largest absolute Gasteiger partial charge is 0.357 e. The van der Waals surface area contributed by atoms with Crippen LogP contribution in [0.15, 0.2) is 4.99 Å². The molecule has 0 spiro atoms. The maximum absolute atomic E-state index is 4.61. The first-order valence-corrected chi connectivity index (χ1v) is 6.68. The predicted octanol–water partition coefficient (Wildman–Crippen LogP) is 2.39. The van der Waals surface area contributed by atoms with Gasteiger partial charge in [0, 0.05) is 19.1 Å². The number of aliphatic imine (C=N–C) groups is 1. The monoisotopic (exact) mass is 225 g/mol. The molecular formula is C13H27N3. The van der Waals surface area contributed by atoms with Gasteiger partial charge >= 0.3 is 0 Å². The molecule has 0 bridgehead atoms. The first-order chi connectivity index (χ1) is 7.63. The van der Waals surface area contributed by atoms with Crippen molar-refractivity contribution in [3.05, 3.63) is 0 Å². The first-order valence-electron chi connectivity index (χ1n) is 6.68. The second-order valence-corrected chi connectivity index (χ2v) is 5.17. The van der Waals surface area contributed by atoms with Crippen molar-refractivity contribution >= 4 is 5.96 Å². The van der Waals surface area contributed by atoms with Crippen LogP contribution in [0.4, 0.5) is 0 Å². The number of nitrogens with zero attached hydrogens (tertiary/aromatic N) is 1. The summed E-state index contributed by atoms with van der Waals surface area (Å²) < 4.78 is 0. The van der Waals surface area contributed by atoms with Gasteiger partial charge in [0.25, 0.3) is 0 Å². The van der Waals surface area contributed by atoms with E-state index in [2.05, 4.69) is 43.3 Å². The highest BCUT2D eigenvalue weighted by atomic mass is 15.2. The summed E-state index contributed by atoms with van der Waals surface area (Å²) in [6, 6.07) is 0.471. The summed E-state index contributed by atoms with van der Waals surface area (Å²) in [6.07, 6.45) is 4.09. The van der Waals surface area contributed by atoms with Crippen LogP contribution in [0.3, 0.4) is 0 Å². The zero-order valence-corrected chi connectivity index (χ0v) is 11.2. The average Bonchev–Trinajstić information content (AvgIpc) is 3.01. The molecule has 0 radical (unpaired) electrons. The zero-order chi connectivity index (χ0) is 12.0. The average molecular weight is 225 g/mol. The van der Waals surface area contributed by atoms with Gasteiger partial charge < -0.3 is 10.6 Å². The third-order valence-electron chi connectivity index (χ3n) is 3.21. The first kappa shape index (κ1) is 13.3. The van der Waals surface area contributed by atoms with Crippen molar-refractivity contribution in [2.75, 3.05) is 13.1 Å². The van der Waals surface area contributed by atoms with Gasteiger partial charge in [-0.25, -0.2) is 0 Å². The third-order valence-corrected chi connectivity index (χ3v) is 3.21. The molecule has 0 aliphatic heterocycles. The van der Waals surface area contributed by atoms with Crippen LogP contribution in [0.2, 0.25) is 0 Å². The fourth-order valence-corrected chi connectivity index (χ4v) is 1.47. The fourth-order valence-electron chi connectivity index (χ4n) is 1.47. The van der Waals surface area contributed by atoms with E-state index in [0.717, 1.165) is 25.0 Å². The van der Waals surface area contributed by atoms with Crippen LogP contribution in [-0.2, 0) is 0 Å². The molecule has 2 N–H and O–H groups in total. The summed E-state index contributed by atoms with van der Waals surface area (Å²) >= 11 is 0. The molecule has 1 aliphatic carbocycles. The Labute approximate surface area is 100 Å². The standard InChI is InChI=1S/C13H27N3/c1-5-14-13(16-11(4)10(2)3)15-9-8-12-6-7-12/h10-12H,5-9H2,1-4H3,(H2,14,15,16). The Morgan fingerprint density at radius 1 is 1.31 bits per heavy atom. The van der Waals surface area contributed by atoms with Crippen LogP contribution in [0, 0.1) is 11.8 Å². The summed E-state index contributed by atoms with van der Waals surface area (Å²) in [4.78, 5) is 4.61. The number of hydrogen-bond donors (Lipinski definition) is 2. The van der Waals surface area contributed by atoms with Gasteiger partial charge in [0.2, 0.25) is 0 Å². The van der Waals surface area contributed by atoms with E-state index in [-0.39, 0.29) is 0 Å². The topological polar surface area (TPSA) is 36.4 Å². The highest BCUT2D eigenvalue weighted by Gasteiger charge is 2.20. The molecule has 0 aromatic heterocycles. The Kier molecular flexibility index (Phi) is 5.64. The van der Waals surface area contributed by atoms with Gasteiger partial charge in [0.15, 0.2) is 5.96 Å². The minimum atomic E-state index is 0.471. The van der Waals surface area contributed by atoms with Crippen LogP contribution >= 0.6 is 0 Å². The third kappa shape index (κ3) is 5.38. The molecule has 1 rings (SSSR count). The van der Waals surface area contributed by atoms with Crippen LogP contribution in [0.25, 0.3) is 0 Å². The molecule has 0 heterocycles. The minimum Gasteiger partial charge on any atom is -0.357 e. The van der Waals surface area contributed by atoms with E-state index < -0.39 is 0 Å². The van der Waals surface area contributed by atoms with Gasteiger partial charge in [-0.15, -0.1) is 0 Å². The van der Waals surface area contributed by atoms with Crippen molar-refractivity contribution < 1.29 is 0 Å². The molecule has 94 valence electrons. The Morgan fingerprint density at radius 2 is 2.00 bits per heavy atom. The van der Waals surface area contributed by atoms with Gasteiger partial charge in [0.1, 0.15) is 0 Å². The SMILES string of the molecule is CCNC(=NCCC1CC1)NC(C)C(C)C. The lowest BCUT2D eigenvalue weighted by molar-refractivity contribution is 0.480. The Morgan fingerprint density at radius 3 is 2.50 bits per heavy atom. The van der Waals surface area contributed by atoms with Crippen LogP contribution in [-0.4, -0.2) is 25.1 Å². The van der Waals surface area contributed by atoms with E-state index in [4.69, 9.17) is 0 Å². The number of guanidine groups is 1. The number of hydrogen-bond acceptors (Lipinski definition) is 1. The lowest BCUT2D eigenvalue weighted by Gasteiger charge is -2.20. The predicted molar refractivity (Wildman–Crippen MR) is 70.8 cm³/mol. The van der Waals surface area contributed by atoms with Crippen LogP contribution in [0.5, 0.6) is 0 Å². The molecule has 16 heavy (non-hydrogen) atoms. The number of nitrogens with one attached hydrogen (secondary N) is 2. The molecule has 1 unspecified atom stereocenters. The fraction of sp³-hybridized carbons (Fsp3) is 0.923. The maximum atomic E-state index is 4.61. The van der Waals surface area contributed by atoms with Crippen molar-refractivity contribution in [2.24, 2.45) is 16.8 Å². The lowest BCUT2D eigenvalue weighted by atomic mass is 10.1. The quantitative estimate of drug-likeness (QED) is 0.538. The van der Waals surface area contributed by atoms with E-state index in [9.17, 15) is 0 Å². The summed E-state index contributed by atoms with van der Waals surface area (Å²) in [6.45, 7) is 10.7. The molecular weight excluding hydrogens is 198 g/mol. The summed E-state index contributed by atoms with van der Waals surface area (Å²) in [5, 5.41) is 6.75. The summed E-state index contributed by atoms with van der Waals surface area (Å²) in [7, 11) is 0. The smallest absolute Gasteiger partial charge is 0.191 e. The van der Waals surface area contributed by atoms with Crippen LogP contribution < -0.4 is 10.6 Å². The van der Waals surface area contributed by atoms with E-state index in [1.807, 2.05) is 0 Å². The molecule has 1 saturated carbocycles. The van der Waals surface area contributed by atoms with Crippen molar-refractivity contribution in [3.63, 3.8) is 0 Å². The molecule has 1 atom stereocenters. The van der Waals surface area contributed by atoms with E-state index in [1.54, 1.807) is 0 Å². The summed E-state index contributed by atoms with van der Waals surface area (Å²) in [5.74, 6) is 2.57. The molecule has 0 amide bonds. The summed E-state index contributed by atoms with van der Waals surface area (Å²) in [5.41, 5.74) is 0. The van der Waals surface area contributed by atoms with Crippen molar-refractivity contribution in [1.82, 2.24) is 10.6 Å². The van der Waals surface area contributed by atoms with Gasteiger partial charge in [0.05, 0.1) is 0 Å². The molecule has 1 aliphatic rings.